The molecular weight excluding hydrogens is 376 g/mol. The van der Waals surface area contributed by atoms with E-state index < -0.39 is 10.0 Å². The quantitative estimate of drug-likeness (QED) is 0.743. The van der Waals surface area contributed by atoms with E-state index in [1.165, 1.54) is 4.31 Å². The Balaban J connectivity index is 1.69. The van der Waals surface area contributed by atoms with Gasteiger partial charge in [-0.1, -0.05) is 30.3 Å². The lowest BCUT2D eigenvalue weighted by atomic mass is 10.0. The molecule has 0 bridgehead atoms. The SMILES string of the molecule is CCS(=O)(=O)N(C)C1CCN(C(=O)c2ccccc2Oc2ccccc2)CC1. The zero-order valence-corrected chi connectivity index (χ0v) is 17.1. The summed E-state index contributed by atoms with van der Waals surface area (Å²) in [6.07, 6.45) is 1.26. The molecule has 0 spiro atoms. The summed E-state index contributed by atoms with van der Waals surface area (Å²) in [5, 5.41) is 0. The van der Waals surface area contributed by atoms with Crippen molar-refractivity contribution in [2.45, 2.75) is 25.8 Å². The van der Waals surface area contributed by atoms with Gasteiger partial charge in [-0.3, -0.25) is 4.79 Å². The summed E-state index contributed by atoms with van der Waals surface area (Å²) in [5.74, 6) is 1.19. The number of rotatable bonds is 6. The first-order valence-corrected chi connectivity index (χ1v) is 11.1. The minimum atomic E-state index is -3.22. The van der Waals surface area contributed by atoms with Gasteiger partial charge in [0.15, 0.2) is 0 Å². The van der Waals surface area contributed by atoms with Crippen molar-refractivity contribution in [3.8, 4) is 11.5 Å². The van der Waals surface area contributed by atoms with Gasteiger partial charge in [0.05, 0.1) is 11.3 Å². The average Bonchev–Trinajstić information content (AvgIpc) is 2.74. The van der Waals surface area contributed by atoms with Crippen molar-refractivity contribution in [2.24, 2.45) is 0 Å². The smallest absolute Gasteiger partial charge is 0.257 e. The fraction of sp³-hybridized carbons (Fsp3) is 0.381. The van der Waals surface area contributed by atoms with E-state index >= 15 is 0 Å². The molecule has 1 heterocycles. The van der Waals surface area contributed by atoms with Gasteiger partial charge in [-0.05, 0) is 44.0 Å². The standard InChI is InChI=1S/C21H26N2O4S/c1-3-28(25,26)22(2)17-13-15-23(16-14-17)21(24)19-11-7-8-12-20(19)27-18-9-5-4-6-10-18/h4-12,17H,3,13-16H2,1-2H3. The Morgan fingerprint density at radius 3 is 2.32 bits per heavy atom. The minimum absolute atomic E-state index is 0.0650. The van der Waals surface area contributed by atoms with Gasteiger partial charge in [-0.15, -0.1) is 0 Å². The van der Waals surface area contributed by atoms with E-state index in [9.17, 15) is 13.2 Å². The van der Waals surface area contributed by atoms with Gasteiger partial charge in [-0.2, -0.15) is 0 Å². The van der Waals surface area contributed by atoms with E-state index in [-0.39, 0.29) is 17.7 Å². The van der Waals surface area contributed by atoms with Crippen LogP contribution < -0.4 is 4.74 Å². The van der Waals surface area contributed by atoms with Crippen LogP contribution in [-0.2, 0) is 10.0 Å². The number of para-hydroxylation sites is 2. The van der Waals surface area contributed by atoms with Gasteiger partial charge in [-0.25, -0.2) is 12.7 Å². The predicted octanol–water partition coefficient (Wildman–Crippen LogP) is 3.37. The largest absolute Gasteiger partial charge is 0.457 e. The van der Waals surface area contributed by atoms with Crippen LogP contribution in [0.4, 0.5) is 0 Å². The molecule has 28 heavy (non-hydrogen) atoms. The van der Waals surface area contributed by atoms with E-state index in [2.05, 4.69) is 0 Å². The van der Waals surface area contributed by atoms with E-state index in [4.69, 9.17) is 4.74 Å². The Bertz CT molecular complexity index is 907. The summed E-state index contributed by atoms with van der Waals surface area (Å²) in [6.45, 7) is 2.69. The van der Waals surface area contributed by atoms with Gasteiger partial charge < -0.3 is 9.64 Å². The number of carbonyl (C=O) groups excluding carboxylic acids is 1. The summed E-state index contributed by atoms with van der Waals surface area (Å²) < 4.78 is 31.5. The van der Waals surface area contributed by atoms with Crippen LogP contribution in [0.5, 0.6) is 11.5 Å². The van der Waals surface area contributed by atoms with Gasteiger partial charge >= 0.3 is 0 Å². The molecular formula is C21H26N2O4S. The second-order valence-electron chi connectivity index (χ2n) is 6.85. The van der Waals surface area contributed by atoms with E-state index in [0.717, 1.165) is 0 Å². The Morgan fingerprint density at radius 1 is 1.07 bits per heavy atom. The molecule has 0 unspecified atom stereocenters. The first kappa shape index (κ1) is 20.4. The second kappa shape index (κ2) is 8.75. The molecule has 0 radical (unpaired) electrons. The number of nitrogens with zero attached hydrogens (tertiary/aromatic N) is 2. The Hall–Kier alpha value is -2.38. The van der Waals surface area contributed by atoms with Gasteiger partial charge in [0.1, 0.15) is 11.5 Å². The highest BCUT2D eigenvalue weighted by Gasteiger charge is 2.31. The number of hydrogen-bond acceptors (Lipinski definition) is 4. The maximum Gasteiger partial charge on any atom is 0.257 e. The number of hydrogen-bond donors (Lipinski definition) is 0. The van der Waals surface area contributed by atoms with Crippen molar-refractivity contribution in [2.75, 3.05) is 25.9 Å². The normalized spacial score (nSPS) is 15.6. The predicted molar refractivity (Wildman–Crippen MR) is 109 cm³/mol. The molecule has 0 aromatic heterocycles. The highest BCUT2D eigenvalue weighted by molar-refractivity contribution is 7.89. The third-order valence-corrected chi connectivity index (χ3v) is 7.06. The molecule has 1 aliphatic heterocycles. The average molecular weight is 403 g/mol. The first-order chi connectivity index (χ1) is 13.4. The molecule has 1 amide bonds. The molecule has 0 atom stereocenters. The number of piperidine rings is 1. The third kappa shape index (κ3) is 4.54. The van der Waals surface area contributed by atoms with Gasteiger partial charge in [0.25, 0.3) is 5.91 Å². The van der Waals surface area contributed by atoms with Crippen molar-refractivity contribution in [1.82, 2.24) is 9.21 Å². The molecule has 2 aromatic rings. The van der Waals surface area contributed by atoms with Crippen molar-refractivity contribution in [3.05, 3.63) is 60.2 Å². The summed E-state index contributed by atoms with van der Waals surface area (Å²) in [7, 11) is -1.59. The summed E-state index contributed by atoms with van der Waals surface area (Å²) in [6, 6.07) is 16.5. The molecule has 3 rings (SSSR count). The zero-order valence-electron chi connectivity index (χ0n) is 16.2. The maximum atomic E-state index is 13.1. The van der Waals surface area contributed by atoms with Crippen molar-refractivity contribution in [3.63, 3.8) is 0 Å². The molecule has 1 aliphatic rings. The van der Waals surface area contributed by atoms with Crippen LogP contribution in [0.15, 0.2) is 54.6 Å². The highest BCUT2D eigenvalue weighted by Crippen LogP contribution is 2.27. The highest BCUT2D eigenvalue weighted by atomic mass is 32.2. The number of amides is 1. The first-order valence-electron chi connectivity index (χ1n) is 9.49. The van der Waals surface area contributed by atoms with Gasteiger partial charge in [0, 0.05) is 26.2 Å². The van der Waals surface area contributed by atoms with Crippen LogP contribution in [-0.4, -0.2) is 55.5 Å². The lowest BCUT2D eigenvalue weighted by molar-refractivity contribution is 0.0683. The summed E-state index contributed by atoms with van der Waals surface area (Å²) in [5.41, 5.74) is 0.513. The Labute approximate surface area is 166 Å². The number of sulfonamides is 1. The van der Waals surface area contributed by atoms with Crippen molar-refractivity contribution in [1.29, 1.82) is 0 Å². The topological polar surface area (TPSA) is 66.9 Å². The van der Waals surface area contributed by atoms with E-state index in [0.29, 0.717) is 43.0 Å². The second-order valence-corrected chi connectivity index (χ2v) is 9.17. The fourth-order valence-corrected chi connectivity index (χ4v) is 4.45. The molecule has 150 valence electrons. The third-order valence-electron chi connectivity index (χ3n) is 5.16. The van der Waals surface area contributed by atoms with Crippen LogP contribution in [0.3, 0.4) is 0 Å². The van der Waals surface area contributed by atoms with Crippen LogP contribution in [0.1, 0.15) is 30.1 Å². The maximum absolute atomic E-state index is 13.1. The number of benzene rings is 2. The Morgan fingerprint density at radius 2 is 1.68 bits per heavy atom. The number of likely N-dealkylation sites (tertiary alicyclic amines) is 1. The van der Waals surface area contributed by atoms with E-state index in [1.807, 2.05) is 42.5 Å². The molecule has 0 N–H and O–H groups in total. The molecule has 7 heteroatoms. The van der Waals surface area contributed by atoms with Crippen molar-refractivity contribution < 1.29 is 17.9 Å². The minimum Gasteiger partial charge on any atom is -0.457 e. The van der Waals surface area contributed by atoms with Crippen LogP contribution in [0.2, 0.25) is 0 Å². The summed E-state index contributed by atoms with van der Waals surface area (Å²) >= 11 is 0. The Kier molecular flexibility index (Phi) is 6.36. The monoisotopic (exact) mass is 402 g/mol. The zero-order chi connectivity index (χ0) is 20.1. The molecule has 6 nitrogen and oxygen atoms in total. The van der Waals surface area contributed by atoms with E-state index in [1.54, 1.807) is 31.0 Å². The molecule has 1 saturated heterocycles. The molecule has 0 saturated carbocycles. The molecule has 1 fully saturated rings. The number of carbonyl (C=O) groups is 1. The van der Waals surface area contributed by atoms with Crippen LogP contribution >= 0.6 is 0 Å². The molecule has 0 aliphatic carbocycles. The number of ether oxygens (including phenoxy) is 1. The lowest BCUT2D eigenvalue weighted by Crippen LogP contribution is -2.47. The summed E-state index contributed by atoms with van der Waals surface area (Å²) in [4.78, 5) is 14.8. The van der Waals surface area contributed by atoms with Gasteiger partial charge in [0.2, 0.25) is 10.0 Å². The fourth-order valence-electron chi connectivity index (χ4n) is 3.38. The van der Waals surface area contributed by atoms with Crippen molar-refractivity contribution >= 4 is 15.9 Å². The van der Waals surface area contributed by atoms with Crippen LogP contribution in [0.25, 0.3) is 0 Å². The molecule has 2 aromatic carbocycles. The van der Waals surface area contributed by atoms with Crippen LogP contribution in [0, 0.1) is 0 Å². The lowest BCUT2D eigenvalue weighted by Gasteiger charge is -2.36.